The van der Waals surface area contributed by atoms with E-state index in [1.165, 1.54) is 0 Å². The number of carbonyl (C=O) groups is 4. The van der Waals surface area contributed by atoms with Gasteiger partial charge in [0.1, 0.15) is 24.4 Å². The number of aliphatic hydroxyl groups excluding tert-OH is 2. The first-order valence-electron chi connectivity index (χ1n) is 28.2. The van der Waals surface area contributed by atoms with Gasteiger partial charge in [-0.25, -0.2) is 19.2 Å². The first kappa shape index (κ1) is 65.0. The average Bonchev–Trinajstić information content (AvgIpc) is 3.94. The molecule has 2 fully saturated rings. The molecule has 3 N–H and O–H groups in total. The topological polar surface area (TPSA) is 194 Å². The largest absolute Gasteiger partial charge is 0.478 e. The molecule has 436 valence electrons. The Kier molecular flexibility index (Phi) is 24.2. The smallest absolute Gasteiger partial charge is 0.338 e. The van der Waals surface area contributed by atoms with Crippen LogP contribution < -0.4 is 0 Å². The minimum Gasteiger partial charge on any atom is -0.478 e. The Labute approximate surface area is 475 Å². The Bertz CT molecular complexity index is 2720. The Morgan fingerprint density at radius 1 is 0.600 bits per heavy atom. The lowest BCUT2D eigenvalue weighted by Crippen LogP contribution is -2.37. The molecule has 0 spiro atoms. The molecule has 0 aromatic heterocycles. The third-order valence-corrected chi connectivity index (χ3v) is 15.4. The highest BCUT2D eigenvalue weighted by Gasteiger charge is 2.47. The van der Waals surface area contributed by atoms with Gasteiger partial charge < -0.3 is 48.5 Å². The first-order chi connectivity index (χ1) is 37.6. The van der Waals surface area contributed by atoms with Gasteiger partial charge in [-0.2, -0.15) is 0 Å². The Morgan fingerprint density at radius 3 is 1.39 bits per heavy atom. The second-order valence-corrected chi connectivity index (χ2v) is 29.2. The van der Waals surface area contributed by atoms with Gasteiger partial charge in [0.25, 0.3) is 0 Å². The van der Waals surface area contributed by atoms with Crippen LogP contribution in [0.4, 0.5) is 0 Å². The molecule has 2 saturated heterocycles. The van der Waals surface area contributed by atoms with Crippen LogP contribution in [0.3, 0.4) is 0 Å². The zero-order valence-electron chi connectivity index (χ0n) is 49.4. The van der Waals surface area contributed by atoms with Crippen LogP contribution in [-0.4, -0.2) is 114 Å². The number of carbonyl (C=O) groups excluding carboxylic acids is 3. The van der Waals surface area contributed by atoms with Crippen LogP contribution in [0.5, 0.6) is 0 Å². The van der Waals surface area contributed by atoms with Gasteiger partial charge in [0.2, 0.25) is 0 Å². The van der Waals surface area contributed by atoms with Gasteiger partial charge >= 0.3 is 23.9 Å². The number of carboxylic acid groups (broad SMARTS) is 1. The summed E-state index contributed by atoms with van der Waals surface area (Å²) in [5.41, 5.74) is 7.43. The zero-order chi connectivity index (χ0) is 59.0. The number of carboxylic acids is 1. The summed E-state index contributed by atoms with van der Waals surface area (Å²) in [5.74, 6) is -3.86. The average molecular weight is 1120 g/mol. The fourth-order valence-corrected chi connectivity index (χ4v) is 10.8. The summed E-state index contributed by atoms with van der Waals surface area (Å²) in [6.45, 7) is 25.8. The minimum absolute atomic E-state index is 0.263. The lowest BCUT2D eigenvalue weighted by Gasteiger charge is -2.25. The van der Waals surface area contributed by atoms with Crippen molar-refractivity contribution in [1.82, 2.24) is 0 Å². The molecule has 0 aliphatic carbocycles. The molecule has 2 heterocycles. The third-order valence-electron chi connectivity index (χ3n) is 13.7. The summed E-state index contributed by atoms with van der Waals surface area (Å²) in [6, 6.07) is 26.4. The molecule has 80 heavy (non-hydrogen) atoms. The summed E-state index contributed by atoms with van der Waals surface area (Å²) in [5, 5.41) is 29.2. The van der Waals surface area contributed by atoms with Crippen LogP contribution >= 0.6 is 0 Å². The summed E-state index contributed by atoms with van der Waals surface area (Å²) < 4.78 is 42.6. The van der Waals surface area contributed by atoms with E-state index in [0.29, 0.717) is 73.8 Å². The van der Waals surface area contributed by atoms with Crippen molar-refractivity contribution < 1.29 is 67.7 Å². The van der Waals surface area contributed by atoms with Crippen molar-refractivity contribution in [3.05, 3.63) is 165 Å². The van der Waals surface area contributed by atoms with Gasteiger partial charge in [-0.3, -0.25) is 0 Å². The number of ether oxygens (including phenoxy) is 7. The van der Waals surface area contributed by atoms with Crippen molar-refractivity contribution in [3.63, 3.8) is 0 Å². The predicted molar refractivity (Wildman–Crippen MR) is 313 cm³/mol. The van der Waals surface area contributed by atoms with E-state index in [0.717, 1.165) is 45.8 Å². The van der Waals surface area contributed by atoms with Crippen LogP contribution in [0.1, 0.15) is 155 Å². The second-order valence-electron chi connectivity index (χ2n) is 23.5. The van der Waals surface area contributed by atoms with E-state index in [9.17, 15) is 34.5 Å². The fraction of sp³-hybridized carbons (Fsp3) is 0.508. The van der Waals surface area contributed by atoms with E-state index in [2.05, 4.69) is 25.7 Å². The molecule has 0 amide bonds. The van der Waals surface area contributed by atoms with Crippen LogP contribution in [-0.2, 0) is 46.0 Å². The highest BCUT2D eigenvalue weighted by Crippen LogP contribution is 2.37. The third kappa shape index (κ3) is 20.6. The number of rotatable bonds is 25. The highest BCUT2D eigenvalue weighted by atomic mass is 28.3. The molecular weight excluding hydrogens is 1030 g/mol. The number of hydrogen-bond donors (Lipinski definition) is 3. The Balaban J connectivity index is 0.000000297. The highest BCUT2D eigenvalue weighted by molar-refractivity contribution is 6.76. The van der Waals surface area contributed by atoms with Gasteiger partial charge in [-0.05, 0) is 185 Å². The SMILES string of the molecule is Cc1cc(C)c(C(=O)O)c(CCC[C@@H]2OC(C)(C)OC2C(/C=C\C[C@H](C)O)OC(=O)c2ccccc2)c1.Cc1cc(C)c(C(=O)OCC[Si](C)(C)C)c(CCC[C@@H]2OC(C)(C)OC2C(/C=C\C[C@H](C)O)OC(=O)c2ccccc2)c1. The number of aromatic carboxylic acids is 1. The van der Waals surface area contributed by atoms with Crippen molar-refractivity contribution in [2.24, 2.45) is 0 Å². The molecule has 8 atom stereocenters. The maximum atomic E-state index is 13.2. The molecule has 4 aromatic carbocycles. The number of aliphatic hydroxyl groups is 2. The van der Waals surface area contributed by atoms with Crippen LogP contribution in [0.25, 0.3) is 0 Å². The molecule has 4 aromatic rings. The van der Waals surface area contributed by atoms with E-state index in [4.69, 9.17) is 33.2 Å². The Morgan fingerprint density at radius 2 is 1.00 bits per heavy atom. The van der Waals surface area contributed by atoms with Gasteiger partial charge in [-0.15, -0.1) is 0 Å². The molecule has 6 rings (SSSR count). The Hall–Kier alpha value is -5.78. The van der Waals surface area contributed by atoms with Gasteiger partial charge in [-0.1, -0.05) is 104 Å². The molecule has 0 bridgehead atoms. The summed E-state index contributed by atoms with van der Waals surface area (Å²) in [4.78, 5) is 50.9. The molecule has 4 unspecified atom stereocenters. The standard InChI is InChI=1S/C35H50O7Si.C30H38O7/c1-24-22-25(2)31(34(38)39-20-21-43(6,7)8)28(23-24)17-13-19-30-32(42-35(4,5)41-30)29(18-12-14-26(3)36)40-33(37)27-15-10-9-11-16-27;1-19-17-20(2)26(28(32)33)23(18-19)14-10-16-25-27(37-30(4,5)36-25)24(15-9-11-21(3)31)35-29(34)22-12-7-6-8-13-22/h9-12,15-16,18,22-23,26,29-30,32,36H,13-14,17,19-21H2,1-8H3;6-9,12-13,15,17-18,21,24-25,27,31H,10-11,14,16H2,1-5H3,(H,32,33)/b18-12-;15-9-/t26-,29?,30-,32?;21-,24?,25-,27?/m00/s1. The molecule has 0 saturated carbocycles. The summed E-state index contributed by atoms with van der Waals surface area (Å²) in [6.07, 6.45) is 7.50. The molecule has 0 radical (unpaired) electrons. The van der Waals surface area contributed by atoms with E-state index < -0.39 is 74.2 Å². The molecule has 2 aliphatic heterocycles. The maximum absolute atomic E-state index is 13.2. The lowest BCUT2D eigenvalue weighted by atomic mass is 9.93. The minimum atomic E-state index is -1.32. The van der Waals surface area contributed by atoms with E-state index in [1.807, 2.05) is 91.8 Å². The molecule has 2 aliphatic rings. The predicted octanol–water partition coefficient (Wildman–Crippen LogP) is 12.6. The monoisotopic (exact) mass is 1120 g/mol. The maximum Gasteiger partial charge on any atom is 0.338 e. The number of hydrogen-bond acceptors (Lipinski definition) is 13. The van der Waals surface area contributed by atoms with E-state index in [1.54, 1.807) is 80.6 Å². The first-order valence-corrected chi connectivity index (χ1v) is 31.9. The molecule has 14 nitrogen and oxygen atoms in total. The van der Waals surface area contributed by atoms with Crippen LogP contribution in [0.2, 0.25) is 25.7 Å². The zero-order valence-corrected chi connectivity index (χ0v) is 50.4. The van der Waals surface area contributed by atoms with Crippen molar-refractivity contribution >= 4 is 32.0 Å². The quantitative estimate of drug-likeness (QED) is 0.0245. The number of esters is 3. The second kappa shape index (κ2) is 29.8. The fourth-order valence-electron chi connectivity index (χ4n) is 10.1. The van der Waals surface area contributed by atoms with Crippen molar-refractivity contribution in [1.29, 1.82) is 0 Å². The molecular formula is C65H88O14Si. The lowest BCUT2D eigenvalue weighted by molar-refractivity contribution is -0.153. The number of benzene rings is 4. The summed E-state index contributed by atoms with van der Waals surface area (Å²) in [7, 11) is -1.32. The van der Waals surface area contributed by atoms with E-state index in [-0.39, 0.29) is 18.2 Å². The van der Waals surface area contributed by atoms with Gasteiger partial charge in [0.05, 0.1) is 53.3 Å². The van der Waals surface area contributed by atoms with E-state index >= 15 is 0 Å². The normalized spacial score (nSPS) is 20.1. The van der Waals surface area contributed by atoms with Crippen molar-refractivity contribution in [3.8, 4) is 0 Å². The molecule has 15 heteroatoms. The summed E-state index contributed by atoms with van der Waals surface area (Å²) >= 11 is 0. The van der Waals surface area contributed by atoms with Gasteiger partial charge in [0, 0.05) is 8.07 Å². The van der Waals surface area contributed by atoms with Crippen LogP contribution in [0.15, 0.2) is 109 Å². The van der Waals surface area contributed by atoms with Gasteiger partial charge in [0.15, 0.2) is 11.6 Å². The van der Waals surface area contributed by atoms with Crippen molar-refractivity contribution in [2.75, 3.05) is 6.61 Å². The number of aryl methyl sites for hydroxylation is 6. The van der Waals surface area contributed by atoms with Crippen LogP contribution in [0, 0.1) is 27.7 Å². The van der Waals surface area contributed by atoms with Crippen molar-refractivity contribution in [2.45, 2.75) is 207 Å².